The van der Waals surface area contributed by atoms with Gasteiger partial charge in [-0.25, -0.2) is 0 Å². The van der Waals surface area contributed by atoms with Gasteiger partial charge in [-0.05, 0) is 63.2 Å². The van der Waals surface area contributed by atoms with E-state index in [1.165, 1.54) is 25.7 Å². The van der Waals surface area contributed by atoms with Crippen LogP contribution in [0.15, 0.2) is 4.99 Å². The van der Waals surface area contributed by atoms with Gasteiger partial charge in [0.25, 0.3) is 0 Å². The van der Waals surface area contributed by atoms with Crippen molar-refractivity contribution in [1.82, 2.24) is 10.6 Å². The predicted molar refractivity (Wildman–Crippen MR) is 120 cm³/mol. The van der Waals surface area contributed by atoms with Crippen LogP contribution in [0.5, 0.6) is 0 Å². The van der Waals surface area contributed by atoms with E-state index in [1.807, 2.05) is 0 Å². The molecule has 1 heterocycles. The van der Waals surface area contributed by atoms with Crippen LogP contribution in [0.2, 0.25) is 0 Å². The molecule has 0 bridgehead atoms. The van der Waals surface area contributed by atoms with Crippen molar-refractivity contribution in [3.05, 3.63) is 0 Å². The molecule has 1 aliphatic heterocycles. The normalized spacial score (nSPS) is 21.9. The Labute approximate surface area is 177 Å². The highest BCUT2D eigenvalue weighted by atomic mass is 127. The molecular weight excluding hydrogens is 441 g/mol. The predicted octanol–water partition coefficient (Wildman–Crippen LogP) is 3.96. The fraction of sp³-hybridized carbons (Fsp3) is 0.950. The zero-order valence-corrected chi connectivity index (χ0v) is 19.3. The van der Waals surface area contributed by atoms with Crippen LogP contribution in [-0.2, 0) is 9.47 Å². The largest absolute Gasteiger partial charge is 0.381 e. The quantitative estimate of drug-likeness (QED) is 0.239. The molecule has 0 spiro atoms. The first-order valence-electron chi connectivity index (χ1n) is 10.3. The third-order valence-corrected chi connectivity index (χ3v) is 5.44. The number of aliphatic imine (C=N–C) groups is 1. The van der Waals surface area contributed by atoms with Crippen LogP contribution in [0.4, 0.5) is 0 Å². The highest BCUT2D eigenvalue weighted by Crippen LogP contribution is 2.34. The molecule has 0 aromatic rings. The molecular formula is C20H40IN3O2. The molecule has 2 N–H and O–H groups in total. The van der Waals surface area contributed by atoms with Crippen LogP contribution < -0.4 is 10.6 Å². The van der Waals surface area contributed by atoms with E-state index in [9.17, 15) is 0 Å². The maximum absolute atomic E-state index is 5.82. The van der Waals surface area contributed by atoms with Crippen LogP contribution in [0.1, 0.15) is 65.7 Å². The summed E-state index contributed by atoms with van der Waals surface area (Å²) in [7, 11) is 0. The molecule has 6 heteroatoms. The molecule has 2 rings (SSSR count). The number of ether oxygens (including phenoxy) is 2. The maximum atomic E-state index is 5.82. The summed E-state index contributed by atoms with van der Waals surface area (Å²) < 4.78 is 11.2. The fourth-order valence-electron chi connectivity index (χ4n) is 3.58. The minimum absolute atomic E-state index is 0. The lowest BCUT2D eigenvalue weighted by Gasteiger charge is -2.35. The monoisotopic (exact) mass is 481 g/mol. The molecule has 0 radical (unpaired) electrons. The van der Waals surface area contributed by atoms with E-state index in [1.54, 1.807) is 0 Å². The third kappa shape index (κ3) is 9.74. The number of rotatable bonds is 8. The van der Waals surface area contributed by atoms with Gasteiger partial charge in [-0.3, -0.25) is 4.99 Å². The summed E-state index contributed by atoms with van der Waals surface area (Å²) in [6.07, 6.45) is 8.35. The fourth-order valence-corrected chi connectivity index (χ4v) is 3.58. The van der Waals surface area contributed by atoms with Gasteiger partial charge in [0.2, 0.25) is 0 Å². The molecule has 5 nitrogen and oxygen atoms in total. The van der Waals surface area contributed by atoms with Crippen LogP contribution in [0.25, 0.3) is 0 Å². The zero-order chi connectivity index (χ0) is 18.0. The van der Waals surface area contributed by atoms with E-state index in [2.05, 4.69) is 31.4 Å². The molecule has 154 valence electrons. The van der Waals surface area contributed by atoms with Crippen molar-refractivity contribution in [3.63, 3.8) is 0 Å². The minimum Gasteiger partial charge on any atom is -0.381 e. The first kappa shape index (κ1) is 24.0. The van der Waals surface area contributed by atoms with Gasteiger partial charge in [0, 0.05) is 45.6 Å². The summed E-state index contributed by atoms with van der Waals surface area (Å²) in [5, 5.41) is 7.00. The van der Waals surface area contributed by atoms with Crippen molar-refractivity contribution in [2.75, 3.05) is 39.5 Å². The second-order valence-corrected chi connectivity index (χ2v) is 8.33. The van der Waals surface area contributed by atoms with Gasteiger partial charge < -0.3 is 20.1 Å². The Morgan fingerprint density at radius 3 is 2.50 bits per heavy atom. The van der Waals surface area contributed by atoms with Gasteiger partial charge in [-0.15, -0.1) is 24.0 Å². The number of hydrogen-bond acceptors (Lipinski definition) is 3. The van der Waals surface area contributed by atoms with Gasteiger partial charge in [-0.1, -0.05) is 13.8 Å². The van der Waals surface area contributed by atoms with E-state index in [0.29, 0.717) is 17.4 Å². The average molecular weight is 481 g/mol. The Balaban J connectivity index is 0.00000338. The highest BCUT2D eigenvalue weighted by molar-refractivity contribution is 14.0. The van der Waals surface area contributed by atoms with Gasteiger partial charge in [0.1, 0.15) is 0 Å². The van der Waals surface area contributed by atoms with Gasteiger partial charge in [0.05, 0.1) is 0 Å². The molecule has 0 unspecified atom stereocenters. The Bertz CT molecular complexity index is 389. The minimum atomic E-state index is 0. The lowest BCUT2D eigenvalue weighted by Crippen LogP contribution is -2.45. The second kappa shape index (κ2) is 13.2. The molecule has 1 saturated heterocycles. The number of nitrogens with one attached hydrogen (secondary N) is 2. The van der Waals surface area contributed by atoms with Crippen molar-refractivity contribution in [1.29, 1.82) is 0 Å². The highest BCUT2D eigenvalue weighted by Gasteiger charge is 2.27. The van der Waals surface area contributed by atoms with E-state index in [-0.39, 0.29) is 24.0 Å². The molecule has 26 heavy (non-hydrogen) atoms. The van der Waals surface area contributed by atoms with Crippen molar-refractivity contribution in [2.24, 2.45) is 16.3 Å². The number of guanidine groups is 1. The first-order chi connectivity index (χ1) is 12.1. The van der Waals surface area contributed by atoms with Crippen molar-refractivity contribution in [3.8, 4) is 0 Å². The molecule has 0 aromatic carbocycles. The third-order valence-electron chi connectivity index (χ3n) is 5.44. The van der Waals surface area contributed by atoms with Crippen LogP contribution in [-0.4, -0.2) is 51.5 Å². The zero-order valence-electron chi connectivity index (χ0n) is 17.0. The van der Waals surface area contributed by atoms with E-state index in [0.717, 1.165) is 64.7 Å². The van der Waals surface area contributed by atoms with Crippen molar-refractivity contribution >= 4 is 29.9 Å². The molecule has 0 atom stereocenters. The molecule has 1 aliphatic carbocycles. The maximum Gasteiger partial charge on any atom is 0.191 e. The van der Waals surface area contributed by atoms with Crippen LogP contribution >= 0.6 is 24.0 Å². The van der Waals surface area contributed by atoms with Gasteiger partial charge >= 0.3 is 0 Å². The van der Waals surface area contributed by atoms with Gasteiger partial charge in [-0.2, -0.15) is 0 Å². The second-order valence-electron chi connectivity index (χ2n) is 8.33. The number of nitrogens with zero attached hydrogens (tertiary/aromatic N) is 1. The summed E-state index contributed by atoms with van der Waals surface area (Å²) in [6, 6.07) is 0.565. The first-order valence-corrected chi connectivity index (χ1v) is 10.3. The van der Waals surface area contributed by atoms with E-state index >= 15 is 0 Å². The van der Waals surface area contributed by atoms with Gasteiger partial charge in [0.15, 0.2) is 5.96 Å². The standard InChI is InChI=1S/C20H39N3O2.HI/c1-4-21-19(23-18-6-10-20(2,3)11-7-18)22-12-5-13-25-16-17-8-14-24-15-9-17;/h17-18H,4-16H2,1-3H3,(H2,21,22,23);1H. The Morgan fingerprint density at radius 2 is 1.85 bits per heavy atom. The van der Waals surface area contributed by atoms with Crippen molar-refractivity contribution < 1.29 is 9.47 Å². The number of halogens is 1. The summed E-state index contributed by atoms with van der Waals surface area (Å²) in [6.45, 7) is 12.1. The topological polar surface area (TPSA) is 54.9 Å². The SMILES string of the molecule is CCNC(=NCCCOCC1CCOCC1)NC1CCC(C)(C)CC1.I. The Morgan fingerprint density at radius 1 is 1.15 bits per heavy atom. The van der Waals surface area contributed by atoms with Crippen molar-refractivity contribution in [2.45, 2.75) is 71.8 Å². The molecule has 2 aliphatic rings. The lowest BCUT2D eigenvalue weighted by atomic mass is 9.75. The molecule has 0 aromatic heterocycles. The summed E-state index contributed by atoms with van der Waals surface area (Å²) in [5.74, 6) is 1.66. The summed E-state index contributed by atoms with van der Waals surface area (Å²) >= 11 is 0. The number of hydrogen-bond donors (Lipinski definition) is 2. The Hall–Kier alpha value is -0.0800. The summed E-state index contributed by atoms with van der Waals surface area (Å²) in [4.78, 5) is 4.72. The Kier molecular flexibility index (Phi) is 12.1. The molecule has 1 saturated carbocycles. The smallest absolute Gasteiger partial charge is 0.191 e. The molecule has 0 amide bonds. The van der Waals surface area contributed by atoms with Crippen LogP contribution in [0, 0.1) is 11.3 Å². The van der Waals surface area contributed by atoms with E-state index < -0.39 is 0 Å². The summed E-state index contributed by atoms with van der Waals surface area (Å²) in [5.41, 5.74) is 0.509. The molecule has 2 fully saturated rings. The lowest BCUT2D eigenvalue weighted by molar-refractivity contribution is 0.0205. The van der Waals surface area contributed by atoms with E-state index in [4.69, 9.17) is 14.5 Å². The average Bonchev–Trinajstić information content (AvgIpc) is 2.60. The van der Waals surface area contributed by atoms with Crippen LogP contribution in [0.3, 0.4) is 0 Å².